The van der Waals surface area contributed by atoms with Gasteiger partial charge in [-0.1, -0.05) is 53.3 Å². The van der Waals surface area contributed by atoms with Crippen LogP contribution in [-0.4, -0.2) is 82.8 Å². The van der Waals surface area contributed by atoms with Crippen LogP contribution in [0.4, 0.5) is 0 Å². The molecule has 1 aromatic rings. The van der Waals surface area contributed by atoms with Crippen LogP contribution in [0.3, 0.4) is 0 Å². The predicted molar refractivity (Wildman–Crippen MR) is 183 cm³/mol. The van der Waals surface area contributed by atoms with Gasteiger partial charge in [0.1, 0.15) is 12.2 Å². The van der Waals surface area contributed by atoms with Crippen LogP contribution in [0.1, 0.15) is 92.4 Å². The Hall–Kier alpha value is -4.39. The zero-order valence-corrected chi connectivity index (χ0v) is 31.2. The van der Waals surface area contributed by atoms with Gasteiger partial charge in [-0.05, 0) is 30.5 Å². The molecule has 1 heterocycles. The van der Waals surface area contributed by atoms with Gasteiger partial charge in [0, 0.05) is 70.9 Å². The lowest BCUT2D eigenvalue weighted by molar-refractivity contribution is -0.190. The van der Waals surface area contributed by atoms with E-state index < -0.39 is 94.9 Å². The summed E-state index contributed by atoms with van der Waals surface area (Å²) in [5.41, 5.74) is -4.51. The smallest absolute Gasteiger partial charge is 0.340 e. The highest BCUT2D eigenvalue weighted by atomic mass is 16.6. The van der Waals surface area contributed by atoms with E-state index in [1.54, 1.807) is 31.2 Å². The molecule has 13 heteroatoms. The molecule has 13 nitrogen and oxygen atoms in total. The van der Waals surface area contributed by atoms with Crippen molar-refractivity contribution in [2.24, 2.45) is 23.2 Å². The molecule has 0 unspecified atom stereocenters. The molecular weight excluding hydrogens is 662 g/mol. The van der Waals surface area contributed by atoms with Gasteiger partial charge in [0.25, 0.3) is 0 Å². The molecule has 8 atom stereocenters. The fourth-order valence-corrected chi connectivity index (χ4v) is 6.96. The van der Waals surface area contributed by atoms with Crippen molar-refractivity contribution in [1.29, 1.82) is 0 Å². The summed E-state index contributed by atoms with van der Waals surface area (Å²) in [4.78, 5) is 83.5. The molecular formula is C38H51NO12. The number of ketones is 1. The molecule has 3 rings (SSSR count). The van der Waals surface area contributed by atoms with Crippen molar-refractivity contribution in [2.45, 2.75) is 118 Å². The fraction of sp³-hybridized carbons (Fsp3) is 0.605. The number of fused-ring (bicyclic) bond motifs is 1. The van der Waals surface area contributed by atoms with Gasteiger partial charge in [-0.15, -0.1) is 0 Å². The highest BCUT2D eigenvalue weighted by molar-refractivity contribution is 5.94. The third kappa shape index (κ3) is 9.69. The molecule has 51 heavy (non-hydrogen) atoms. The highest BCUT2D eigenvalue weighted by Crippen LogP contribution is 2.54. The lowest BCUT2D eigenvalue weighted by Gasteiger charge is -2.42. The summed E-state index contributed by atoms with van der Waals surface area (Å²) in [5.74, 6) is -6.92. The average Bonchev–Trinajstić information content (AvgIpc) is 3.24. The maximum absolute atomic E-state index is 14.9. The molecule has 0 amide bonds. The Kier molecular flexibility index (Phi) is 13.1. The number of hydrogen-bond acceptors (Lipinski definition) is 13. The van der Waals surface area contributed by atoms with Gasteiger partial charge in [0.2, 0.25) is 0 Å². The molecule has 1 fully saturated rings. The summed E-state index contributed by atoms with van der Waals surface area (Å²) in [6.07, 6.45) is 0.932. The van der Waals surface area contributed by atoms with Crippen LogP contribution in [0.15, 0.2) is 48.8 Å². The summed E-state index contributed by atoms with van der Waals surface area (Å²) in [7, 11) is 0. The van der Waals surface area contributed by atoms with Gasteiger partial charge in [-0.3, -0.25) is 29.0 Å². The first-order valence-electron chi connectivity index (χ1n) is 17.0. The van der Waals surface area contributed by atoms with E-state index in [2.05, 4.69) is 11.6 Å². The van der Waals surface area contributed by atoms with E-state index in [0.717, 1.165) is 27.7 Å². The molecule has 0 saturated heterocycles. The Morgan fingerprint density at radius 1 is 0.941 bits per heavy atom. The SMILES string of the molecule is C=C1[C@H](OCC(C)C)C[C@@H](OC(=O)c2cccnc2)C(C)(C)/C=C/[C@@H](C)C(=O)[C@@]2(OC(C)=O)C[C@@](C)(OC(C)=O)[C@H](OC(C)=O)[C@@H]2[C@H]1OC(C)=O. The maximum Gasteiger partial charge on any atom is 0.340 e. The highest BCUT2D eigenvalue weighted by Gasteiger charge is 2.71. The third-order valence-corrected chi connectivity index (χ3v) is 9.15. The quantitative estimate of drug-likeness (QED) is 0.192. The summed E-state index contributed by atoms with van der Waals surface area (Å²) in [5, 5.41) is 0. The number of Topliss-reactive ketones (excluding diaryl/α,β-unsaturated/α-hetero) is 1. The predicted octanol–water partition coefficient (Wildman–Crippen LogP) is 4.90. The van der Waals surface area contributed by atoms with E-state index in [9.17, 15) is 28.8 Å². The van der Waals surface area contributed by atoms with E-state index in [1.807, 2.05) is 27.7 Å². The Balaban J connectivity index is 2.40. The second-order valence-corrected chi connectivity index (χ2v) is 14.6. The standard InChI is InChI=1S/C38H51NO12/c1-21(2)19-46-29-17-30(49-35(45)28-13-12-16-39-18-28)36(9,10)15-14-22(3)33(44)38(51-27(8)43)20-37(11,50-26(7)42)34(48-25(6)41)31(38)32(23(29)4)47-24(5)40/h12-16,18,21-22,29-32,34H,4,17,19-20H2,1-3,5-11H3/b15-14+/t22-,29-,30-,31+,32+,34-,37-,38-/m1/s1. The Bertz CT molecular complexity index is 1530. The number of carbonyl (C=O) groups is 6. The topological polar surface area (TPSA) is 171 Å². The molecule has 0 spiro atoms. The van der Waals surface area contributed by atoms with E-state index >= 15 is 0 Å². The zero-order chi connectivity index (χ0) is 38.5. The van der Waals surface area contributed by atoms with Crippen molar-refractivity contribution in [3.05, 3.63) is 54.4 Å². The van der Waals surface area contributed by atoms with Gasteiger partial charge in [0.15, 0.2) is 23.1 Å². The average molecular weight is 714 g/mol. The van der Waals surface area contributed by atoms with Gasteiger partial charge in [-0.25, -0.2) is 4.79 Å². The molecule has 280 valence electrons. The first-order chi connectivity index (χ1) is 23.6. The van der Waals surface area contributed by atoms with Gasteiger partial charge in [0.05, 0.1) is 17.6 Å². The Morgan fingerprint density at radius 3 is 2.10 bits per heavy atom. The number of rotatable bonds is 9. The van der Waals surface area contributed by atoms with Crippen molar-refractivity contribution in [2.75, 3.05) is 6.61 Å². The number of esters is 5. The molecule has 0 radical (unpaired) electrons. The van der Waals surface area contributed by atoms with Crippen molar-refractivity contribution in [1.82, 2.24) is 4.98 Å². The van der Waals surface area contributed by atoms with Crippen LogP contribution in [0, 0.1) is 23.2 Å². The van der Waals surface area contributed by atoms with Crippen LogP contribution < -0.4 is 0 Å². The number of ether oxygens (including phenoxy) is 6. The van der Waals surface area contributed by atoms with Crippen LogP contribution in [-0.2, 0) is 52.4 Å². The van der Waals surface area contributed by atoms with Gasteiger partial charge in [-0.2, -0.15) is 0 Å². The first kappa shape index (κ1) is 41.0. The van der Waals surface area contributed by atoms with E-state index in [0.29, 0.717) is 0 Å². The minimum atomic E-state index is -2.17. The second kappa shape index (κ2) is 16.3. The van der Waals surface area contributed by atoms with Crippen LogP contribution in [0.25, 0.3) is 0 Å². The van der Waals surface area contributed by atoms with Crippen molar-refractivity contribution in [3.8, 4) is 0 Å². The number of aromatic nitrogens is 1. The van der Waals surface area contributed by atoms with Crippen LogP contribution in [0.2, 0.25) is 0 Å². The monoisotopic (exact) mass is 713 g/mol. The van der Waals surface area contributed by atoms with Gasteiger partial charge >= 0.3 is 29.8 Å². The number of hydrogen-bond donors (Lipinski definition) is 0. The summed E-state index contributed by atoms with van der Waals surface area (Å²) in [6.45, 7) is 19.6. The first-order valence-corrected chi connectivity index (χ1v) is 17.0. The van der Waals surface area contributed by atoms with Crippen LogP contribution in [0.5, 0.6) is 0 Å². The molecule has 1 aromatic heterocycles. The summed E-state index contributed by atoms with van der Waals surface area (Å²) >= 11 is 0. The minimum absolute atomic E-state index is 0.00171. The van der Waals surface area contributed by atoms with E-state index in [1.165, 1.54) is 19.3 Å². The van der Waals surface area contributed by atoms with Crippen molar-refractivity contribution in [3.63, 3.8) is 0 Å². The molecule has 1 saturated carbocycles. The minimum Gasteiger partial charge on any atom is -0.458 e. The molecule has 0 bridgehead atoms. The lowest BCUT2D eigenvalue weighted by Crippen LogP contribution is -2.57. The Morgan fingerprint density at radius 2 is 1.57 bits per heavy atom. The normalized spacial score (nSPS) is 31.3. The number of pyridine rings is 1. The second-order valence-electron chi connectivity index (χ2n) is 14.6. The van der Waals surface area contributed by atoms with E-state index in [4.69, 9.17) is 28.4 Å². The number of carbonyl (C=O) groups excluding carboxylic acids is 6. The fourth-order valence-electron chi connectivity index (χ4n) is 6.96. The summed E-state index contributed by atoms with van der Waals surface area (Å²) in [6, 6.07) is 3.18. The molecule has 0 N–H and O–H groups in total. The molecule has 2 aliphatic carbocycles. The van der Waals surface area contributed by atoms with Crippen molar-refractivity contribution >= 4 is 35.6 Å². The molecule has 0 aliphatic heterocycles. The number of nitrogens with zero attached hydrogens (tertiary/aromatic N) is 1. The zero-order valence-electron chi connectivity index (χ0n) is 31.2. The number of allylic oxidation sites excluding steroid dienone is 1. The van der Waals surface area contributed by atoms with E-state index in [-0.39, 0.29) is 30.1 Å². The molecule has 0 aromatic carbocycles. The lowest BCUT2D eigenvalue weighted by atomic mass is 9.72. The summed E-state index contributed by atoms with van der Waals surface area (Å²) < 4.78 is 36.1. The maximum atomic E-state index is 14.9. The Labute approximate surface area is 299 Å². The van der Waals surface area contributed by atoms with Crippen molar-refractivity contribution < 1.29 is 57.2 Å². The third-order valence-electron chi connectivity index (χ3n) is 9.15. The molecule has 2 aliphatic rings. The van der Waals surface area contributed by atoms with Crippen LogP contribution >= 0.6 is 0 Å². The largest absolute Gasteiger partial charge is 0.458 e. The van der Waals surface area contributed by atoms with Gasteiger partial charge < -0.3 is 28.4 Å².